The fraction of sp³-hybridized carbons (Fsp3) is 0.400. The topological polar surface area (TPSA) is 43.8 Å². The van der Waals surface area contributed by atoms with Crippen molar-refractivity contribution in [2.75, 3.05) is 33.2 Å². The van der Waals surface area contributed by atoms with Gasteiger partial charge in [0.15, 0.2) is 0 Å². The molecule has 1 atom stereocenters. The van der Waals surface area contributed by atoms with E-state index in [0.29, 0.717) is 6.54 Å². The van der Waals surface area contributed by atoms with Gasteiger partial charge in [0.05, 0.1) is 0 Å². The zero-order chi connectivity index (χ0) is 13.8. The Labute approximate surface area is 113 Å². The van der Waals surface area contributed by atoms with Crippen molar-refractivity contribution >= 4 is 5.97 Å². The van der Waals surface area contributed by atoms with E-state index in [1.807, 2.05) is 18.2 Å². The molecule has 0 spiro atoms. The predicted molar refractivity (Wildman–Crippen MR) is 75.0 cm³/mol. The molecule has 0 bridgehead atoms. The number of aliphatic carboxylic acids is 1. The molecule has 102 valence electrons. The number of hydrogen-bond donors (Lipinski definition) is 1. The molecule has 1 aliphatic heterocycles. The maximum atomic E-state index is 10.9. The fourth-order valence-electron chi connectivity index (χ4n) is 2.45. The van der Waals surface area contributed by atoms with Crippen molar-refractivity contribution in [1.82, 2.24) is 9.80 Å². The number of carbonyl (C=O) groups is 1. The van der Waals surface area contributed by atoms with E-state index in [-0.39, 0.29) is 11.6 Å². The Morgan fingerprint density at radius 3 is 2.68 bits per heavy atom. The second kappa shape index (κ2) is 5.99. The minimum atomic E-state index is -0.911. The van der Waals surface area contributed by atoms with Gasteiger partial charge in [-0.25, -0.2) is 4.79 Å². The van der Waals surface area contributed by atoms with Crippen LogP contribution in [0, 0.1) is 0 Å². The summed E-state index contributed by atoms with van der Waals surface area (Å²) >= 11 is 0. The van der Waals surface area contributed by atoms with E-state index in [1.54, 1.807) is 0 Å². The van der Waals surface area contributed by atoms with Crippen LogP contribution >= 0.6 is 0 Å². The maximum Gasteiger partial charge on any atom is 0.332 e. The van der Waals surface area contributed by atoms with E-state index in [0.717, 1.165) is 19.6 Å². The average Bonchev–Trinajstić information content (AvgIpc) is 2.41. The number of piperazine rings is 1. The first-order chi connectivity index (χ1) is 9.08. The van der Waals surface area contributed by atoms with E-state index in [4.69, 9.17) is 5.11 Å². The number of benzene rings is 1. The Morgan fingerprint density at radius 2 is 2.05 bits per heavy atom. The van der Waals surface area contributed by atoms with Crippen LogP contribution in [0.3, 0.4) is 0 Å². The smallest absolute Gasteiger partial charge is 0.332 e. The molecule has 0 aliphatic carbocycles. The second-order valence-corrected chi connectivity index (χ2v) is 5.07. The Bertz CT molecular complexity index is 458. The minimum absolute atomic E-state index is 0.232. The molecular weight excluding hydrogens is 240 g/mol. The van der Waals surface area contributed by atoms with Gasteiger partial charge in [-0.2, -0.15) is 0 Å². The summed E-state index contributed by atoms with van der Waals surface area (Å²) in [6.45, 7) is 6.79. The molecule has 1 heterocycles. The van der Waals surface area contributed by atoms with Gasteiger partial charge in [0, 0.05) is 37.8 Å². The lowest BCUT2D eigenvalue weighted by atomic mass is 10.0. The zero-order valence-electron chi connectivity index (χ0n) is 11.2. The van der Waals surface area contributed by atoms with Crippen molar-refractivity contribution in [2.45, 2.75) is 6.04 Å². The van der Waals surface area contributed by atoms with Gasteiger partial charge in [-0.05, 0) is 12.6 Å². The van der Waals surface area contributed by atoms with Crippen molar-refractivity contribution < 1.29 is 9.90 Å². The van der Waals surface area contributed by atoms with Gasteiger partial charge >= 0.3 is 5.97 Å². The third kappa shape index (κ3) is 3.43. The molecule has 1 fully saturated rings. The first kappa shape index (κ1) is 13.8. The van der Waals surface area contributed by atoms with Crippen LogP contribution in [0.25, 0.3) is 0 Å². The highest BCUT2D eigenvalue weighted by Gasteiger charge is 2.27. The van der Waals surface area contributed by atoms with Gasteiger partial charge < -0.3 is 10.0 Å². The Morgan fingerprint density at radius 1 is 1.37 bits per heavy atom. The molecule has 1 aromatic rings. The quantitative estimate of drug-likeness (QED) is 0.835. The Kier molecular flexibility index (Phi) is 4.35. The van der Waals surface area contributed by atoms with Crippen molar-refractivity contribution in [3.63, 3.8) is 0 Å². The number of carboxylic acid groups (broad SMARTS) is 1. The summed E-state index contributed by atoms with van der Waals surface area (Å²) in [6.07, 6.45) is 0. The molecule has 1 aromatic carbocycles. The molecule has 0 aromatic heterocycles. The van der Waals surface area contributed by atoms with Gasteiger partial charge in [-0.1, -0.05) is 36.9 Å². The van der Waals surface area contributed by atoms with Gasteiger partial charge in [0.1, 0.15) is 0 Å². The molecule has 2 rings (SSSR count). The van der Waals surface area contributed by atoms with E-state index in [2.05, 4.69) is 35.6 Å². The van der Waals surface area contributed by atoms with Gasteiger partial charge in [0.2, 0.25) is 0 Å². The van der Waals surface area contributed by atoms with Crippen molar-refractivity contribution in [2.24, 2.45) is 0 Å². The van der Waals surface area contributed by atoms with Crippen LogP contribution in [0.15, 0.2) is 42.5 Å². The summed E-state index contributed by atoms with van der Waals surface area (Å²) < 4.78 is 0. The lowest BCUT2D eigenvalue weighted by Gasteiger charge is -2.40. The van der Waals surface area contributed by atoms with E-state index >= 15 is 0 Å². The highest BCUT2D eigenvalue weighted by atomic mass is 16.4. The van der Waals surface area contributed by atoms with Crippen LogP contribution in [0.2, 0.25) is 0 Å². The third-order valence-corrected chi connectivity index (χ3v) is 3.58. The number of carboxylic acids is 1. The normalized spacial score (nSPS) is 21.2. The number of hydrogen-bond acceptors (Lipinski definition) is 3. The summed E-state index contributed by atoms with van der Waals surface area (Å²) in [4.78, 5) is 15.4. The lowest BCUT2D eigenvalue weighted by Crippen LogP contribution is -2.47. The van der Waals surface area contributed by atoms with Gasteiger partial charge in [-0.3, -0.25) is 4.90 Å². The van der Waals surface area contributed by atoms with E-state index in [9.17, 15) is 4.79 Å². The third-order valence-electron chi connectivity index (χ3n) is 3.58. The number of rotatable bonds is 4. The lowest BCUT2D eigenvalue weighted by molar-refractivity contribution is -0.133. The van der Waals surface area contributed by atoms with Gasteiger partial charge in [0.25, 0.3) is 0 Å². The van der Waals surface area contributed by atoms with Crippen LogP contribution in [0.1, 0.15) is 11.6 Å². The molecule has 1 unspecified atom stereocenters. The van der Waals surface area contributed by atoms with Crippen molar-refractivity contribution in [3.8, 4) is 0 Å². The summed E-state index contributed by atoms with van der Waals surface area (Å²) in [6, 6.07) is 10.5. The summed E-state index contributed by atoms with van der Waals surface area (Å²) in [5.74, 6) is -0.911. The number of likely N-dealkylation sites (N-methyl/N-ethyl adjacent to an activating group) is 1. The second-order valence-electron chi connectivity index (χ2n) is 5.07. The molecule has 1 N–H and O–H groups in total. The van der Waals surface area contributed by atoms with E-state index in [1.165, 1.54) is 5.56 Å². The number of nitrogens with zero attached hydrogens (tertiary/aromatic N) is 2. The molecule has 1 saturated heterocycles. The molecule has 0 saturated carbocycles. The van der Waals surface area contributed by atoms with Crippen molar-refractivity contribution in [3.05, 3.63) is 48.0 Å². The monoisotopic (exact) mass is 260 g/mol. The predicted octanol–water partition coefficient (Wildman–Crippen LogP) is 1.62. The standard InChI is InChI=1S/C15H20N2O2/c1-12(15(18)19)10-17-9-8-16(2)11-14(17)13-6-4-3-5-7-13/h3-7,14H,1,8-11H2,2H3,(H,18,19). The summed E-state index contributed by atoms with van der Waals surface area (Å²) in [5.41, 5.74) is 1.48. The minimum Gasteiger partial charge on any atom is -0.478 e. The zero-order valence-corrected chi connectivity index (χ0v) is 11.2. The average molecular weight is 260 g/mol. The first-order valence-electron chi connectivity index (χ1n) is 6.46. The molecular formula is C15H20N2O2. The van der Waals surface area contributed by atoms with Crippen LogP contribution in [0.5, 0.6) is 0 Å². The fourth-order valence-corrected chi connectivity index (χ4v) is 2.45. The maximum absolute atomic E-state index is 10.9. The molecule has 4 heteroatoms. The summed E-state index contributed by atoms with van der Waals surface area (Å²) in [7, 11) is 2.10. The highest BCUT2D eigenvalue weighted by molar-refractivity contribution is 5.86. The molecule has 4 nitrogen and oxygen atoms in total. The largest absolute Gasteiger partial charge is 0.478 e. The SMILES string of the molecule is C=C(CN1CCN(C)CC1c1ccccc1)C(=O)O. The Balaban J connectivity index is 2.15. The molecule has 0 amide bonds. The highest BCUT2D eigenvalue weighted by Crippen LogP contribution is 2.25. The molecule has 0 radical (unpaired) electrons. The molecule has 1 aliphatic rings. The van der Waals surface area contributed by atoms with Crippen LogP contribution in [-0.4, -0.2) is 54.1 Å². The molecule has 19 heavy (non-hydrogen) atoms. The van der Waals surface area contributed by atoms with Crippen LogP contribution in [0.4, 0.5) is 0 Å². The Hall–Kier alpha value is -1.65. The van der Waals surface area contributed by atoms with Gasteiger partial charge in [-0.15, -0.1) is 0 Å². The van der Waals surface area contributed by atoms with Crippen LogP contribution < -0.4 is 0 Å². The summed E-state index contributed by atoms with van der Waals surface area (Å²) in [5, 5.41) is 8.98. The van der Waals surface area contributed by atoms with E-state index < -0.39 is 5.97 Å². The first-order valence-corrected chi connectivity index (χ1v) is 6.46. The van der Waals surface area contributed by atoms with Crippen molar-refractivity contribution in [1.29, 1.82) is 0 Å². The van der Waals surface area contributed by atoms with Crippen LogP contribution in [-0.2, 0) is 4.79 Å².